The van der Waals surface area contributed by atoms with Crippen molar-refractivity contribution >= 4 is 11.7 Å². The van der Waals surface area contributed by atoms with Crippen LogP contribution in [0.4, 0.5) is 0 Å². The van der Waals surface area contributed by atoms with E-state index < -0.39 is 0 Å². The summed E-state index contributed by atoms with van der Waals surface area (Å²) < 4.78 is 0. The van der Waals surface area contributed by atoms with Crippen LogP contribution >= 0.6 is 0 Å². The number of nitrogens with two attached hydrogens (primary N) is 2. The van der Waals surface area contributed by atoms with E-state index in [1.54, 1.807) is 5.56 Å². The van der Waals surface area contributed by atoms with Crippen LogP contribution in [0.25, 0.3) is 0 Å². The Kier molecular flexibility index (Phi) is 9.46. The monoisotopic (exact) mass is 481 g/mol. The van der Waals surface area contributed by atoms with Crippen molar-refractivity contribution in [3.05, 3.63) is 34.9 Å². The molecule has 2 unspecified atom stereocenters. The third-order valence-corrected chi connectivity index (χ3v) is 9.01. The number of hydrogen-bond donors (Lipinski definition) is 2. The zero-order valence-electron chi connectivity index (χ0n) is 23.3. The van der Waals surface area contributed by atoms with Crippen LogP contribution in [0.1, 0.15) is 103 Å². The number of rotatable bonds is 10. The number of carbonyl (C=O) groups is 1. The molecule has 2 aliphatic rings. The van der Waals surface area contributed by atoms with E-state index in [9.17, 15) is 4.79 Å². The minimum absolute atomic E-state index is 0.0440. The van der Waals surface area contributed by atoms with Crippen molar-refractivity contribution in [2.75, 3.05) is 6.54 Å². The van der Waals surface area contributed by atoms with Crippen LogP contribution < -0.4 is 11.5 Å². The molecule has 35 heavy (non-hydrogen) atoms. The summed E-state index contributed by atoms with van der Waals surface area (Å²) in [7, 11) is 0. The first-order chi connectivity index (χ1) is 16.5. The minimum Gasteiger partial charge on any atom is -0.370 e. The number of benzene rings is 1. The van der Waals surface area contributed by atoms with Gasteiger partial charge in [-0.1, -0.05) is 66.2 Å². The molecule has 0 heterocycles. The lowest BCUT2D eigenvalue weighted by molar-refractivity contribution is -0.131. The maximum atomic E-state index is 14.2. The van der Waals surface area contributed by atoms with Gasteiger partial charge in [0.05, 0.1) is 0 Å². The number of nitrogens with zero attached hydrogens (tertiary/aromatic N) is 1. The van der Waals surface area contributed by atoms with Gasteiger partial charge in [-0.15, -0.1) is 0 Å². The Labute approximate surface area is 214 Å². The normalized spacial score (nSPS) is 25.7. The van der Waals surface area contributed by atoms with Gasteiger partial charge in [0.2, 0.25) is 0 Å². The first-order valence-electron chi connectivity index (χ1n) is 14.2. The third kappa shape index (κ3) is 7.11. The van der Waals surface area contributed by atoms with Crippen LogP contribution in [-0.4, -0.2) is 18.3 Å². The summed E-state index contributed by atoms with van der Waals surface area (Å²) in [4.78, 5) is 18.4. The predicted molar refractivity (Wildman–Crippen MR) is 149 cm³/mol. The smallest absolute Gasteiger partial charge is 0.185 e. The molecule has 0 radical (unpaired) electrons. The summed E-state index contributed by atoms with van der Waals surface area (Å²) in [6, 6.07) is 6.88. The van der Waals surface area contributed by atoms with Crippen LogP contribution in [0.5, 0.6) is 0 Å². The standard InChI is InChI=1S/C31H51N3O/c1-20(2)27-18-22(4)13-15-26(27)29(35)24(10-8-16-34-30(32)33)19-31(5,6)28-11-7-9-23-17-21(3)12-14-25(23)28/h7,9,11,20-22,24,26-27H,8,10,12-19H2,1-6H3,(H4,32,33,34)/t21?,22-,24+,26?,27+/m1/s1. The average molecular weight is 482 g/mol. The SMILES string of the molecule is CC1CCc2c(cccc2C(C)(C)C[C@H](CCCN=C(N)N)C(=O)C2CC[C@@H](C)C[C@H]2C(C)C)C1. The molecular formula is C31H51N3O. The molecular weight excluding hydrogens is 430 g/mol. The molecule has 1 fully saturated rings. The molecule has 0 bridgehead atoms. The van der Waals surface area contributed by atoms with E-state index in [4.69, 9.17) is 11.5 Å². The molecule has 4 N–H and O–H groups in total. The van der Waals surface area contributed by atoms with Gasteiger partial charge in [0, 0.05) is 18.4 Å². The lowest BCUT2D eigenvalue weighted by Crippen LogP contribution is -2.38. The zero-order chi connectivity index (χ0) is 25.8. The Morgan fingerprint density at radius 3 is 2.54 bits per heavy atom. The number of guanidine groups is 1. The van der Waals surface area contributed by atoms with Crippen LogP contribution in [-0.2, 0) is 23.1 Å². The van der Waals surface area contributed by atoms with Gasteiger partial charge in [-0.3, -0.25) is 9.79 Å². The summed E-state index contributed by atoms with van der Waals surface area (Å²) in [6.45, 7) is 14.6. The van der Waals surface area contributed by atoms with E-state index in [1.165, 1.54) is 36.8 Å². The van der Waals surface area contributed by atoms with E-state index in [-0.39, 0.29) is 23.2 Å². The summed E-state index contributed by atoms with van der Waals surface area (Å²) >= 11 is 0. The highest BCUT2D eigenvalue weighted by Gasteiger charge is 2.40. The van der Waals surface area contributed by atoms with Gasteiger partial charge >= 0.3 is 0 Å². The Balaban J connectivity index is 1.86. The van der Waals surface area contributed by atoms with E-state index >= 15 is 0 Å². The fourth-order valence-corrected chi connectivity index (χ4v) is 7.06. The highest BCUT2D eigenvalue weighted by molar-refractivity contribution is 5.84. The van der Waals surface area contributed by atoms with Gasteiger partial charge in [0.25, 0.3) is 0 Å². The highest BCUT2D eigenvalue weighted by Crippen LogP contribution is 2.43. The molecule has 4 heteroatoms. The lowest BCUT2D eigenvalue weighted by atomic mass is 9.64. The van der Waals surface area contributed by atoms with Crippen molar-refractivity contribution in [1.82, 2.24) is 0 Å². The number of Topliss-reactive ketones (excluding diaryl/α,β-unsaturated/α-hetero) is 1. The lowest BCUT2D eigenvalue weighted by Gasteiger charge is -2.40. The quantitative estimate of drug-likeness (QED) is 0.230. The predicted octanol–water partition coefficient (Wildman–Crippen LogP) is 6.43. The van der Waals surface area contributed by atoms with Crippen molar-refractivity contribution in [1.29, 1.82) is 0 Å². The molecule has 0 spiro atoms. The number of carbonyl (C=O) groups excluding carboxylic acids is 1. The number of ketones is 1. The van der Waals surface area contributed by atoms with E-state index in [0.29, 0.717) is 24.2 Å². The van der Waals surface area contributed by atoms with E-state index in [0.717, 1.165) is 43.9 Å². The highest BCUT2D eigenvalue weighted by atomic mass is 16.1. The van der Waals surface area contributed by atoms with Gasteiger partial charge in [-0.2, -0.15) is 0 Å². The van der Waals surface area contributed by atoms with Crippen LogP contribution in [0.2, 0.25) is 0 Å². The molecule has 4 nitrogen and oxygen atoms in total. The summed E-state index contributed by atoms with van der Waals surface area (Å²) in [5, 5.41) is 0. The maximum Gasteiger partial charge on any atom is 0.185 e. The molecule has 3 rings (SSSR count). The van der Waals surface area contributed by atoms with Crippen molar-refractivity contribution in [3.8, 4) is 0 Å². The summed E-state index contributed by atoms with van der Waals surface area (Å²) in [5.74, 6) is 3.42. The first kappa shape index (κ1) is 27.7. The average Bonchev–Trinajstić information content (AvgIpc) is 2.79. The molecule has 196 valence electrons. The molecule has 0 saturated heterocycles. The van der Waals surface area contributed by atoms with Gasteiger partial charge in [0.15, 0.2) is 5.96 Å². The van der Waals surface area contributed by atoms with Crippen molar-refractivity contribution in [2.24, 2.45) is 52.0 Å². The Hall–Kier alpha value is -1.84. The molecule has 0 aromatic heterocycles. The van der Waals surface area contributed by atoms with E-state index in [1.807, 2.05) is 0 Å². The Bertz CT molecular complexity index is 883. The third-order valence-electron chi connectivity index (χ3n) is 9.01. The topological polar surface area (TPSA) is 81.5 Å². The largest absolute Gasteiger partial charge is 0.370 e. The number of aliphatic imine (C=N–C) groups is 1. The first-order valence-corrected chi connectivity index (χ1v) is 14.2. The van der Waals surface area contributed by atoms with E-state index in [2.05, 4.69) is 64.7 Å². The number of hydrogen-bond acceptors (Lipinski definition) is 2. The fourth-order valence-electron chi connectivity index (χ4n) is 7.06. The molecule has 2 aliphatic carbocycles. The van der Waals surface area contributed by atoms with Crippen LogP contribution in [0, 0.1) is 35.5 Å². The summed E-state index contributed by atoms with van der Waals surface area (Å²) in [6.07, 6.45) is 9.62. The van der Waals surface area contributed by atoms with Crippen molar-refractivity contribution in [3.63, 3.8) is 0 Å². The van der Waals surface area contributed by atoms with Gasteiger partial charge in [-0.25, -0.2) is 0 Å². The van der Waals surface area contributed by atoms with Crippen LogP contribution in [0.3, 0.4) is 0 Å². The van der Waals surface area contributed by atoms with Crippen LogP contribution in [0.15, 0.2) is 23.2 Å². The summed E-state index contributed by atoms with van der Waals surface area (Å²) in [5.41, 5.74) is 15.6. The zero-order valence-corrected chi connectivity index (χ0v) is 23.3. The molecule has 1 saturated carbocycles. The van der Waals surface area contributed by atoms with Crippen molar-refractivity contribution < 1.29 is 4.79 Å². The molecule has 0 aliphatic heterocycles. The van der Waals surface area contributed by atoms with Gasteiger partial charge < -0.3 is 11.5 Å². The molecule has 5 atom stereocenters. The minimum atomic E-state index is -0.0440. The second kappa shape index (κ2) is 11.9. The second-order valence-corrected chi connectivity index (χ2v) is 12.9. The van der Waals surface area contributed by atoms with Gasteiger partial charge in [-0.05, 0) is 97.1 Å². The number of fused-ring (bicyclic) bond motifs is 1. The second-order valence-electron chi connectivity index (χ2n) is 12.9. The fraction of sp³-hybridized carbons (Fsp3) is 0.742. The van der Waals surface area contributed by atoms with Crippen molar-refractivity contribution in [2.45, 2.75) is 105 Å². The Morgan fingerprint density at radius 1 is 1.11 bits per heavy atom. The Morgan fingerprint density at radius 2 is 1.86 bits per heavy atom. The molecule has 1 aromatic rings. The maximum absolute atomic E-state index is 14.2. The van der Waals surface area contributed by atoms with Gasteiger partial charge in [0.1, 0.15) is 5.78 Å². The molecule has 0 amide bonds. The molecule has 1 aromatic carbocycles.